The minimum absolute atomic E-state index is 0.502. The number of nitrogens with two attached hydrogens (primary N) is 1. The fourth-order valence-electron chi connectivity index (χ4n) is 3.20. The van der Waals surface area contributed by atoms with E-state index in [-0.39, 0.29) is 0 Å². The second-order valence-electron chi connectivity index (χ2n) is 5.84. The lowest BCUT2D eigenvalue weighted by molar-refractivity contribution is 0.135. The molecule has 1 saturated heterocycles. The summed E-state index contributed by atoms with van der Waals surface area (Å²) in [6, 6.07) is 0.690. The van der Waals surface area contributed by atoms with Gasteiger partial charge in [0.15, 0.2) is 0 Å². The van der Waals surface area contributed by atoms with Gasteiger partial charge in [0.05, 0.1) is 0 Å². The van der Waals surface area contributed by atoms with Crippen molar-refractivity contribution < 1.29 is 8.42 Å². The summed E-state index contributed by atoms with van der Waals surface area (Å²) in [5.41, 5.74) is 5.44. The van der Waals surface area contributed by atoms with Gasteiger partial charge in [-0.3, -0.25) is 4.90 Å². The Labute approximate surface area is 123 Å². The summed E-state index contributed by atoms with van der Waals surface area (Å²) in [5.74, 6) is 0. The molecule has 0 radical (unpaired) electrons. The van der Waals surface area contributed by atoms with Crippen molar-refractivity contribution in [3.63, 3.8) is 0 Å². The Hall–Kier alpha value is -0.210. The van der Waals surface area contributed by atoms with Crippen LogP contribution in [-0.4, -0.2) is 74.3 Å². The van der Waals surface area contributed by atoms with Crippen molar-refractivity contribution in [3.05, 3.63) is 0 Å². The second kappa shape index (κ2) is 7.17. The van der Waals surface area contributed by atoms with Crippen LogP contribution in [0.15, 0.2) is 0 Å². The summed E-state index contributed by atoms with van der Waals surface area (Å²) in [7, 11) is -1.65. The first-order valence-corrected chi connectivity index (χ1v) is 9.11. The Kier molecular flexibility index (Phi) is 5.80. The molecule has 1 heterocycles. The molecule has 20 heavy (non-hydrogen) atoms. The molecule has 7 heteroatoms. The fraction of sp³-hybridized carbons (Fsp3) is 1.00. The van der Waals surface area contributed by atoms with Gasteiger partial charge in [-0.15, -0.1) is 0 Å². The fourth-order valence-corrected chi connectivity index (χ4v) is 4.57. The lowest BCUT2D eigenvalue weighted by Gasteiger charge is -2.38. The van der Waals surface area contributed by atoms with Crippen LogP contribution >= 0.6 is 0 Å². The van der Waals surface area contributed by atoms with Crippen LogP contribution in [0.3, 0.4) is 0 Å². The van der Waals surface area contributed by atoms with E-state index in [0.29, 0.717) is 38.6 Å². The molecule has 0 aromatic rings. The first-order valence-electron chi connectivity index (χ1n) is 7.71. The van der Waals surface area contributed by atoms with Crippen LogP contribution < -0.4 is 5.73 Å². The summed E-state index contributed by atoms with van der Waals surface area (Å²) in [6.07, 6.45) is 5.92. The third-order valence-electron chi connectivity index (χ3n) is 4.51. The maximum Gasteiger partial charge on any atom is 0.281 e. The van der Waals surface area contributed by atoms with Crippen LogP contribution in [0.2, 0.25) is 0 Å². The molecule has 1 aliphatic heterocycles. The van der Waals surface area contributed by atoms with Gasteiger partial charge in [0.2, 0.25) is 0 Å². The molecule has 0 atom stereocenters. The molecule has 2 rings (SSSR count). The van der Waals surface area contributed by atoms with Gasteiger partial charge in [0.1, 0.15) is 0 Å². The Morgan fingerprint density at radius 2 is 1.75 bits per heavy atom. The molecule has 2 aliphatic rings. The molecule has 0 aromatic carbocycles. The average Bonchev–Trinajstić information content (AvgIpc) is 2.99. The third-order valence-corrected chi connectivity index (χ3v) is 6.50. The number of hydrogen-bond donors (Lipinski definition) is 1. The minimum Gasteiger partial charge on any atom is -0.330 e. The molecule has 0 amide bonds. The van der Waals surface area contributed by atoms with Gasteiger partial charge in [-0.25, -0.2) is 0 Å². The van der Waals surface area contributed by atoms with E-state index >= 15 is 0 Å². The summed E-state index contributed by atoms with van der Waals surface area (Å²) >= 11 is 0. The zero-order valence-corrected chi connectivity index (χ0v) is 13.3. The first kappa shape index (κ1) is 16.2. The molecule has 2 fully saturated rings. The zero-order chi connectivity index (χ0) is 14.6. The van der Waals surface area contributed by atoms with Crippen LogP contribution in [0.1, 0.15) is 32.1 Å². The van der Waals surface area contributed by atoms with E-state index < -0.39 is 10.2 Å². The smallest absolute Gasteiger partial charge is 0.281 e. The Morgan fingerprint density at radius 3 is 2.30 bits per heavy atom. The van der Waals surface area contributed by atoms with Gasteiger partial charge >= 0.3 is 0 Å². The lowest BCUT2D eigenvalue weighted by Crippen LogP contribution is -2.54. The largest absolute Gasteiger partial charge is 0.330 e. The molecular weight excluding hydrogens is 276 g/mol. The molecule has 0 unspecified atom stereocenters. The summed E-state index contributed by atoms with van der Waals surface area (Å²) in [5, 5.41) is 0. The van der Waals surface area contributed by atoms with Crippen LogP contribution in [0, 0.1) is 0 Å². The van der Waals surface area contributed by atoms with E-state index in [4.69, 9.17) is 5.73 Å². The molecule has 0 spiro atoms. The van der Waals surface area contributed by atoms with E-state index in [2.05, 4.69) is 4.90 Å². The molecular formula is C13H28N4O2S. The van der Waals surface area contributed by atoms with E-state index in [1.165, 1.54) is 30.0 Å². The Bertz CT molecular complexity index is 387. The van der Waals surface area contributed by atoms with E-state index in [9.17, 15) is 8.42 Å². The number of piperazine rings is 1. The van der Waals surface area contributed by atoms with E-state index in [1.54, 1.807) is 11.4 Å². The van der Waals surface area contributed by atoms with Gasteiger partial charge in [-0.05, 0) is 25.8 Å². The number of rotatable bonds is 6. The van der Waals surface area contributed by atoms with E-state index in [0.717, 1.165) is 13.1 Å². The number of nitrogens with zero attached hydrogens (tertiary/aromatic N) is 3. The SMILES string of the molecule is CN(CCCN)S(=O)(=O)N1CCN(C2CCCC2)CC1. The lowest BCUT2D eigenvalue weighted by atomic mass is 10.2. The molecule has 1 saturated carbocycles. The zero-order valence-electron chi connectivity index (χ0n) is 12.5. The van der Waals surface area contributed by atoms with Crippen LogP contribution in [0.4, 0.5) is 0 Å². The first-order chi connectivity index (χ1) is 9.55. The maximum absolute atomic E-state index is 12.4. The normalized spacial score (nSPS) is 23.8. The van der Waals surface area contributed by atoms with Crippen molar-refractivity contribution in [2.75, 3.05) is 46.3 Å². The minimum atomic E-state index is -3.30. The van der Waals surface area contributed by atoms with Gasteiger partial charge in [0, 0.05) is 45.8 Å². The van der Waals surface area contributed by atoms with Crippen LogP contribution in [-0.2, 0) is 10.2 Å². The predicted molar refractivity (Wildman–Crippen MR) is 80.6 cm³/mol. The van der Waals surface area contributed by atoms with Gasteiger partial charge in [-0.1, -0.05) is 12.8 Å². The molecule has 0 bridgehead atoms. The van der Waals surface area contributed by atoms with Crippen LogP contribution in [0.25, 0.3) is 0 Å². The highest BCUT2D eigenvalue weighted by Crippen LogP contribution is 2.25. The van der Waals surface area contributed by atoms with E-state index in [1.807, 2.05) is 0 Å². The average molecular weight is 304 g/mol. The van der Waals surface area contributed by atoms with Crippen molar-refractivity contribution in [3.8, 4) is 0 Å². The Morgan fingerprint density at radius 1 is 1.15 bits per heavy atom. The van der Waals surface area contributed by atoms with Gasteiger partial charge in [0.25, 0.3) is 10.2 Å². The highest BCUT2D eigenvalue weighted by molar-refractivity contribution is 7.86. The maximum atomic E-state index is 12.4. The van der Waals surface area contributed by atoms with Crippen molar-refractivity contribution >= 4 is 10.2 Å². The monoisotopic (exact) mass is 304 g/mol. The highest BCUT2D eigenvalue weighted by Gasteiger charge is 2.32. The van der Waals surface area contributed by atoms with Crippen molar-refractivity contribution in [2.45, 2.75) is 38.1 Å². The summed E-state index contributed by atoms with van der Waals surface area (Å²) in [6.45, 7) is 4.00. The third kappa shape index (κ3) is 3.71. The highest BCUT2D eigenvalue weighted by atomic mass is 32.2. The Balaban J connectivity index is 1.85. The quantitative estimate of drug-likeness (QED) is 0.754. The van der Waals surface area contributed by atoms with Crippen molar-refractivity contribution in [1.82, 2.24) is 13.5 Å². The summed E-state index contributed by atoms with van der Waals surface area (Å²) < 4.78 is 27.9. The molecule has 0 aromatic heterocycles. The van der Waals surface area contributed by atoms with Gasteiger partial charge in [-0.2, -0.15) is 17.0 Å². The second-order valence-corrected chi connectivity index (χ2v) is 7.88. The summed E-state index contributed by atoms with van der Waals surface area (Å²) in [4.78, 5) is 2.47. The number of hydrogen-bond acceptors (Lipinski definition) is 4. The van der Waals surface area contributed by atoms with Crippen molar-refractivity contribution in [1.29, 1.82) is 0 Å². The van der Waals surface area contributed by atoms with Gasteiger partial charge < -0.3 is 5.73 Å². The standard InChI is InChI=1S/C13H28N4O2S/c1-15(8-4-7-14)20(18,19)17-11-9-16(10-12-17)13-5-2-3-6-13/h13H,2-12,14H2,1H3. The topological polar surface area (TPSA) is 69.9 Å². The predicted octanol–water partition coefficient (Wildman–Crippen LogP) is 0.0720. The molecule has 6 nitrogen and oxygen atoms in total. The van der Waals surface area contributed by atoms with Crippen LogP contribution in [0.5, 0.6) is 0 Å². The molecule has 2 N–H and O–H groups in total. The molecule has 118 valence electrons. The van der Waals surface area contributed by atoms with Crippen molar-refractivity contribution in [2.24, 2.45) is 5.73 Å². The molecule has 1 aliphatic carbocycles.